The summed E-state index contributed by atoms with van der Waals surface area (Å²) in [5.74, 6) is 0.825. The molecule has 0 bridgehead atoms. The minimum Gasteiger partial charge on any atom is -0.477 e. The van der Waals surface area contributed by atoms with E-state index in [0.29, 0.717) is 36.1 Å². The molecular weight excluding hydrogens is 412 g/mol. The first-order chi connectivity index (χ1) is 15.0. The van der Waals surface area contributed by atoms with E-state index in [9.17, 15) is 13.2 Å². The van der Waals surface area contributed by atoms with Crippen LogP contribution < -0.4 is 10.1 Å². The number of ether oxygens (including phenoxy) is 1. The largest absolute Gasteiger partial charge is 0.477 e. The SMILES string of the molecule is O=C(NCc1ccc(OCC2CC2)nc1)c1cccc(CS(=O)(=O)c2ccccc2)c1. The van der Waals surface area contributed by atoms with Gasteiger partial charge in [0.15, 0.2) is 9.84 Å². The zero-order valence-electron chi connectivity index (χ0n) is 17.0. The summed E-state index contributed by atoms with van der Waals surface area (Å²) in [6.07, 6.45) is 4.14. The molecule has 31 heavy (non-hydrogen) atoms. The summed E-state index contributed by atoms with van der Waals surface area (Å²) in [7, 11) is -3.47. The van der Waals surface area contributed by atoms with E-state index in [1.165, 1.54) is 12.8 Å². The zero-order valence-corrected chi connectivity index (χ0v) is 17.8. The van der Waals surface area contributed by atoms with Gasteiger partial charge in [0.25, 0.3) is 5.91 Å². The summed E-state index contributed by atoms with van der Waals surface area (Å²) in [6, 6.07) is 18.7. The number of hydrogen-bond donors (Lipinski definition) is 1. The summed E-state index contributed by atoms with van der Waals surface area (Å²) in [4.78, 5) is 17.1. The summed E-state index contributed by atoms with van der Waals surface area (Å²) < 4.78 is 30.8. The van der Waals surface area contributed by atoms with Crippen LogP contribution in [0.25, 0.3) is 0 Å². The van der Waals surface area contributed by atoms with E-state index >= 15 is 0 Å². The quantitative estimate of drug-likeness (QED) is 0.552. The number of amides is 1. The third-order valence-electron chi connectivity index (χ3n) is 5.06. The minimum atomic E-state index is -3.47. The Kier molecular flexibility index (Phi) is 6.32. The van der Waals surface area contributed by atoms with Crippen molar-refractivity contribution < 1.29 is 17.9 Å². The molecule has 6 nitrogen and oxygen atoms in total. The first-order valence-corrected chi connectivity index (χ1v) is 11.9. The number of nitrogens with one attached hydrogen (secondary N) is 1. The van der Waals surface area contributed by atoms with Crippen molar-refractivity contribution in [1.82, 2.24) is 10.3 Å². The third kappa shape index (κ3) is 5.92. The highest BCUT2D eigenvalue weighted by molar-refractivity contribution is 7.90. The molecule has 1 fully saturated rings. The van der Waals surface area contributed by atoms with E-state index in [1.807, 2.05) is 6.07 Å². The van der Waals surface area contributed by atoms with E-state index in [4.69, 9.17) is 4.74 Å². The maximum Gasteiger partial charge on any atom is 0.251 e. The Labute approximate surface area is 182 Å². The van der Waals surface area contributed by atoms with Crippen molar-refractivity contribution in [2.45, 2.75) is 30.0 Å². The van der Waals surface area contributed by atoms with Crippen LogP contribution in [0.15, 0.2) is 77.8 Å². The zero-order chi connectivity index (χ0) is 21.7. The second-order valence-electron chi connectivity index (χ2n) is 7.71. The van der Waals surface area contributed by atoms with Gasteiger partial charge in [-0.05, 0) is 54.2 Å². The lowest BCUT2D eigenvalue weighted by Gasteiger charge is -2.09. The third-order valence-corrected chi connectivity index (χ3v) is 6.77. The van der Waals surface area contributed by atoms with E-state index in [0.717, 1.165) is 5.56 Å². The van der Waals surface area contributed by atoms with E-state index in [1.54, 1.807) is 66.9 Å². The Morgan fingerprint density at radius 1 is 1.00 bits per heavy atom. The minimum absolute atomic E-state index is 0.162. The number of carbonyl (C=O) groups is 1. The molecule has 2 aromatic carbocycles. The number of rotatable bonds is 9. The predicted molar refractivity (Wildman–Crippen MR) is 117 cm³/mol. The Morgan fingerprint density at radius 2 is 1.81 bits per heavy atom. The van der Waals surface area contributed by atoms with Crippen LogP contribution in [0.5, 0.6) is 5.88 Å². The monoisotopic (exact) mass is 436 g/mol. The molecule has 1 heterocycles. The molecule has 0 atom stereocenters. The van der Waals surface area contributed by atoms with Crippen molar-refractivity contribution >= 4 is 15.7 Å². The summed E-state index contributed by atoms with van der Waals surface area (Å²) in [6.45, 7) is 1.03. The molecular formula is C24H24N2O4S. The molecule has 1 N–H and O–H groups in total. The first-order valence-electron chi connectivity index (χ1n) is 10.2. The number of carbonyl (C=O) groups excluding carboxylic acids is 1. The number of hydrogen-bond acceptors (Lipinski definition) is 5. The highest BCUT2D eigenvalue weighted by Gasteiger charge is 2.22. The lowest BCUT2D eigenvalue weighted by Crippen LogP contribution is -2.23. The summed E-state index contributed by atoms with van der Waals surface area (Å²) in [5.41, 5.74) is 1.84. The van der Waals surface area contributed by atoms with E-state index < -0.39 is 9.84 Å². The Morgan fingerprint density at radius 3 is 2.52 bits per heavy atom. The smallest absolute Gasteiger partial charge is 0.251 e. The van der Waals surface area contributed by atoms with Gasteiger partial charge in [0.2, 0.25) is 5.88 Å². The average molecular weight is 437 g/mol. The molecule has 7 heteroatoms. The normalized spacial score (nSPS) is 13.5. The first kappa shape index (κ1) is 21.1. The topological polar surface area (TPSA) is 85.4 Å². The van der Waals surface area contributed by atoms with Crippen molar-refractivity contribution in [3.8, 4) is 5.88 Å². The molecule has 1 aromatic heterocycles. The number of benzene rings is 2. The van der Waals surface area contributed by atoms with Gasteiger partial charge in [-0.15, -0.1) is 0 Å². The number of nitrogens with zero attached hydrogens (tertiary/aromatic N) is 1. The molecule has 1 aliphatic carbocycles. The van der Waals surface area contributed by atoms with Crippen molar-refractivity contribution in [3.05, 3.63) is 89.6 Å². The predicted octanol–water partition coefficient (Wildman–Crippen LogP) is 3.77. The van der Waals surface area contributed by atoms with Crippen LogP contribution in [0, 0.1) is 5.92 Å². The molecule has 0 aliphatic heterocycles. The molecule has 1 aliphatic rings. The van der Waals surface area contributed by atoms with Crippen molar-refractivity contribution in [2.24, 2.45) is 5.92 Å². The number of sulfone groups is 1. The van der Waals surface area contributed by atoms with Crippen molar-refractivity contribution in [3.63, 3.8) is 0 Å². The van der Waals surface area contributed by atoms with Gasteiger partial charge in [-0.3, -0.25) is 4.79 Å². The fourth-order valence-corrected chi connectivity index (χ4v) is 4.46. The van der Waals surface area contributed by atoms with Gasteiger partial charge in [0.05, 0.1) is 17.3 Å². The van der Waals surface area contributed by atoms with Crippen LogP contribution in [0.1, 0.15) is 34.3 Å². The molecule has 160 valence electrons. The molecule has 4 rings (SSSR count). The van der Waals surface area contributed by atoms with Crippen LogP contribution in [0.4, 0.5) is 0 Å². The van der Waals surface area contributed by atoms with Gasteiger partial charge in [-0.25, -0.2) is 13.4 Å². The van der Waals surface area contributed by atoms with Crippen LogP contribution in [0.3, 0.4) is 0 Å². The second-order valence-corrected chi connectivity index (χ2v) is 9.70. The van der Waals surface area contributed by atoms with Crippen LogP contribution in [0.2, 0.25) is 0 Å². The number of aromatic nitrogens is 1. The Balaban J connectivity index is 1.34. The molecule has 1 amide bonds. The maximum absolute atomic E-state index is 12.6. The molecule has 3 aromatic rings. The molecule has 1 saturated carbocycles. The molecule has 0 radical (unpaired) electrons. The van der Waals surface area contributed by atoms with Gasteiger partial charge >= 0.3 is 0 Å². The summed E-state index contributed by atoms with van der Waals surface area (Å²) >= 11 is 0. The molecule has 0 unspecified atom stereocenters. The standard InChI is InChI=1S/C24H24N2O4S/c27-24(26-15-20-11-12-23(25-14-20)30-16-18-9-10-18)21-6-4-5-19(13-21)17-31(28,29)22-7-2-1-3-8-22/h1-8,11-14,18H,9-10,15-17H2,(H,26,27). The van der Waals surface area contributed by atoms with Crippen molar-refractivity contribution in [1.29, 1.82) is 0 Å². The highest BCUT2D eigenvalue weighted by atomic mass is 32.2. The highest BCUT2D eigenvalue weighted by Crippen LogP contribution is 2.29. The van der Waals surface area contributed by atoms with E-state index in [2.05, 4.69) is 10.3 Å². The van der Waals surface area contributed by atoms with Crippen LogP contribution in [-0.4, -0.2) is 25.9 Å². The van der Waals surface area contributed by atoms with Gasteiger partial charge in [0, 0.05) is 24.4 Å². The number of pyridine rings is 1. The van der Waals surface area contributed by atoms with Gasteiger partial charge in [-0.2, -0.15) is 0 Å². The lowest BCUT2D eigenvalue weighted by atomic mass is 10.1. The van der Waals surface area contributed by atoms with Crippen LogP contribution in [-0.2, 0) is 22.1 Å². The van der Waals surface area contributed by atoms with Crippen LogP contribution >= 0.6 is 0 Å². The second kappa shape index (κ2) is 9.31. The lowest BCUT2D eigenvalue weighted by molar-refractivity contribution is 0.0950. The fourth-order valence-electron chi connectivity index (χ4n) is 3.11. The molecule has 0 spiro atoms. The summed E-state index contributed by atoms with van der Waals surface area (Å²) in [5, 5.41) is 2.85. The Bertz CT molecular complexity index is 1140. The van der Waals surface area contributed by atoms with Gasteiger partial charge in [-0.1, -0.05) is 36.4 Å². The van der Waals surface area contributed by atoms with E-state index in [-0.39, 0.29) is 16.6 Å². The van der Waals surface area contributed by atoms with Gasteiger partial charge < -0.3 is 10.1 Å². The Hall–Kier alpha value is -3.19. The fraction of sp³-hybridized carbons (Fsp3) is 0.250. The van der Waals surface area contributed by atoms with Crippen molar-refractivity contribution in [2.75, 3.05) is 6.61 Å². The molecule has 0 saturated heterocycles. The average Bonchev–Trinajstić information content (AvgIpc) is 3.62. The van der Waals surface area contributed by atoms with Gasteiger partial charge in [0.1, 0.15) is 0 Å². The maximum atomic E-state index is 12.6.